The Bertz CT molecular complexity index is 483. The molecule has 0 N–H and O–H groups in total. The van der Waals surface area contributed by atoms with Gasteiger partial charge in [-0.25, -0.2) is 0 Å². The van der Waals surface area contributed by atoms with E-state index in [-0.39, 0.29) is 5.41 Å². The van der Waals surface area contributed by atoms with Gasteiger partial charge in [-0.1, -0.05) is 61.0 Å². The van der Waals surface area contributed by atoms with Gasteiger partial charge < -0.3 is 4.74 Å². The summed E-state index contributed by atoms with van der Waals surface area (Å²) >= 11 is 3.79. The van der Waals surface area contributed by atoms with Crippen LogP contribution in [-0.2, 0) is 16.6 Å². The third-order valence-corrected chi connectivity index (χ3v) is 6.31. The lowest BCUT2D eigenvalue weighted by Crippen LogP contribution is -2.36. The minimum atomic E-state index is 0.235. The van der Waals surface area contributed by atoms with E-state index < -0.39 is 0 Å². The van der Waals surface area contributed by atoms with Crippen molar-refractivity contribution < 1.29 is 4.74 Å². The molecule has 1 saturated carbocycles. The molecule has 2 unspecified atom stereocenters. The second kappa shape index (κ2) is 5.70. The SMILES string of the molecule is CC(C)(C)c1ccc(CC2(CBr)CCOC2C2CC2)cc1. The summed E-state index contributed by atoms with van der Waals surface area (Å²) in [6, 6.07) is 9.26. The Kier molecular flexibility index (Phi) is 4.22. The molecule has 1 aromatic carbocycles. The number of hydrogen-bond acceptors (Lipinski definition) is 1. The summed E-state index contributed by atoms with van der Waals surface area (Å²) in [6.45, 7) is 7.76. The summed E-state index contributed by atoms with van der Waals surface area (Å²) in [5, 5.41) is 1.06. The third-order valence-electron chi connectivity index (χ3n) is 5.19. The molecule has 0 bridgehead atoms. The molecule has 1 aliphatic heterocycles. The fourth-order valence-electron chi connectivity index (χ4n) is 3.65. The number of halogens is 1. The smallest absolute Gasteiger partial charge is 0.0671 e. The molecular formula is C19H27BrO. The molecule has 1 saturated heterocycles. The average molecular weight is 351 g/mol. The van der Waals surface area contributed by atoms with E-state index in [9.17, 15) is 0 Å². The minimum Gasteiger partial charge on any atom is -0.377 e. The predicted molar refractivity (Wildman–Crippen MR) is 92.2 cm³/mol. The molecule has 21 heavy (non-hydrogen) atoms. The Hall–Kier alpha value is -0.340. The van der Waals surface area contributed by atoms with E-state index in [1.165, 1.54) is 30.4 Å². The molecule has 116 valence electrons. The van der Waals surface area contributed by atoms with Gasteiger partial charge in [-0.2, -0.15) is 0 Å². The fraction of sp³-hybridized carbons (Fsp3) is 0.684. The minimum absolute atomic E-state index is 0.235. The van der Waals surface area contributed by atoms with Crippen LogP contribution in [0.2, 0.25) is 0 Å². The normalized spacial score (nSPS) is 29.8. The number of ether oxygens (including phenoxy) is 1. The number of hydrogen-bond donors (Lipinski definition) is 0. The second-order valence-corrected chi connectivity index (χ2v) is 8.56. The van der Waals surface area contributed by atoms with E-state index in [1.54, 1.807) is 0 Å². The summed E-state index contributed by atoms with van der Waals surface area (Å²) in [4.78, 5) is 0. The molecule has 1 heterocycles. The quantitative estimate of drug-likeness (QED) is 0.685. The van der Waals surface area contributed by atoms with E-state index in [0.29, 0.717) is 11.5 Å². The van der Waals surface area contributed by atoms with Gasteiger partial charge in [-0.15, -0.1) is 0 Å². The lowest BCUT2D eigenvalue weighted by atomic mass is 9.75. The van der Waals surface area contributed by atoms with Gasteiger partial charge in [0.05, 0.1) is 6.10 Å². The molecule has 3 rings (SSSR count). The van der Waals surface area contributed by atoms with E-state index in [1.807, 2.05) is 0 Å². The van der Waals surface area contributed by atoms with Crippen LogP contribution >= 0.6 is 15.9 Å². The first-order chi connectivity index (χ1) is 9.94. The number of rotatable bonds is 4. The second-order valence-electron chi connectivity index (χ2n) is 8.00. The molecule has 2 fully saturated rings. The first-order valence-corrected chi connectivity index (χ1v) is 9.34. The Morgan fingerprint density at radius 2 is 1.86 bits per heavy atom. The molecule has 1 nitrogen and oxygen atoms in total. The number of benzene rings is 1. The van der Waals surface area contributed by atoms with Crippen LogP contribution in [0.3, 0.4) is 0 Å². The largest absolute Gasteiger partial charge is 0.377 e. The van der Waals surface area contributed by atoms with Crippen LogP contribution in [0.15, 0.2) is 24.3 Å². The van der Waals surface area contributed by atoms with Crippen molar-refractivity contribution in [1.82, 2.24) is 0 Å². The van der Waals surface area contributed by atoms with E-state index >= 15 is 0 Å². The van der Waals surface area contributed by atoms with Crippen molar-refractivity contribution in [3.63, 3.8) is 0 Å². The van der Waals surface area contributed by atoms with Crippen molar-refractivity contribution in [2.24, 2.45) is 11.3 Å². The van der Waals surface area contributed by atoms with Crippen molar-refractivity contribution in [1.29, 1.82) is 0 Å². The molecule has 2 heteroatoms. The van der Waals surface area contributed by atoms with Gasteiger partial charge in [-0.3, -0.25) is 0 Å². The van der Waals surface area contributed by atoms with Crippen molar-refractivity contribution in [3.8, 4) is 0 Å². The average Bonchev–Trinajstić information content (AvgIpc) is 3.20. The summed E-state index contributed by atoms with van der Waals surface area (Å²) in [5.41, 5.74) is 3.42. The molecule has 0 aromatic heterocycles. The zero-order chi connectivity index (χ0) is 15.1. The van der Waals surface area contributed by atoms with Gasteiger partial charge in [0.1, 0.15) is 0 Å². The van der Waals surface area contributed by atoms with Gasteiger partial charge in [0, 0.05) is 17.4 Å². The Morgan fingerprint density at radius 3 is 2.38 bits per heavy atom. The van der Waals surface area contributed by atoms with Crippen molar-refractivity contribution >= 4 is 15.9 Å². The van der Waals surface area contributed by atoms with Crippen LogP contribution in [0.1, 0.15) is 51.2 Å². The van der Waals surface area contributed by atoms with E-state index in [0.717, 1.165) is 24.3 Å². The third kappa shape index (κ3) is 3.22. The monoisotopic (exact) mass is 350 g/mol. The Morgan fingerprint density at radius 1 is 1.19 bits per heavy atom. The molecule has 1 aromatic rings. The lowest BCUT2D eigenvalue weighted by molar-refractivity contribution is 0.0413. The highest BCUT2D eigenvalue weighted by atomic mass is 79.9. The topological polar surface area (TPSA) is 9.23 Å². The van der Waals surface area contributed by atoms with Gasteiger partial charge in [-0.05, 0) is 48.1 Å². The highest BCUT2D eigenvalue weighted by Crippen LogP contribution is 2.50. The van der Waals surface area contributed by atoms with Crippen molar-refractivity contribution in [3.05, 3.63) is 35.4 Å². The first kappa shape index (κ1) is 15.6. The van der Waals surface area contributed by atoms with Crippen molar-refractivity contribution in [2.45, 2.75) is 58.0 Å². The maximum absolute atomic E-state index is 6.10. The van der Waals surface area contributed by atoms with Crippen LogP contribution in [0, 0.1) is 11.3 Å². The van der Waals surface area contributed by atoms with Gasteiger partial charge in [0.2, 0.25) is 0 Å². The summed E-state index contributed by atoms with van der Waals surface area (Å²) < 4.78 is 6.10. The van der Waals surface area contributed by atoms with Crippen LogP contribution in [-0.4, -0.2) is 18.0 Å². The molecule has 2 aliphatic rings. The molecule has 1 aliphatic carbocycles. The predicted octanol–water partition coefficient (Wildman–Crippen LogP) is 5.11. The maximum Gasteiger partial charge on any atom is 0.0671 e. The summed E-state index contributed by atoms with van der Waals surface area (Å²) in [5.74, 6) is 0.818. The summed E-state index contributed by atoms with van der Waals surface area (Å²) in [7, 11) is 0. The first-order valence-electron chi connectivity index (χ1n) is 8.22. The van der Waals surface area contributed by atoms with Crippen LogP contribution in [0.25, 0.3) is 0 Å². The molecule has 0 spiro atoms. The van der Waals surface area contributed by atoms with Crippen LogP contribution in [0.5, 0.6) is 0 Å². The van der Waals surface area contributed by atoms with Crippen LogP contribution in [0.4, 0.5) is 0 Å². The van der Waals surface area contributed by atoms with Crippen LogP contribution < -0.4 is 0 Å². The van der Waals surface area contributed by atoms with E-state index in [4.69, 9.17) is 4.74 Å². The highest BCUT2D eigenvalue weighted by Gasteiger charge is 2.50. The van der Waals surface area contributed by atoms with Crippen molar-refractivity contribution in [2.75, 3.05) is 11.9 Å². The zero-order valence-electron chi connectivity index (χ0n) is 13.5. The zero-order valence-corrected chi connectivity index (χ0v) is 15.1. The molecule has 0 radical (unpaired) electrons. The van der Waals surface area contributed by atoms with Gasteiger partial charge in [0.15, 0.2) is 0 Å². The Labute approximate surface area is 137 Å². The molecule has 0 amide bonds. The highest BCUT2D eigenvalue weighted by molar-refractivity contribution is 9.09. The Balaban J connectivity index is 1.77. The fourth-order valence-corrected chi connectivity index (χ4v) is 4.45. The maximum atomic E-state index is 6.10. The van der Waals surface area contributed by atoms with Gasteiger partial charge >= 0.3 is 0 Å². The number of alkyl halides is 1. The molecular weight excluding hydrogens is 324 g/mol. The van der Waals surface area contributed by atoms with E-state index in [2.05, 4.69) is 61.0 Å². The molecule has 2 atom stereocenters. The van der Waals surface area contributed by atoms with Gasteiger partial charge in [0.25, 0.3) is 0 Å². The summed E-state index contributed by atoms with van der Waals surface area (Å²) in [6.07, 6.45) is 5.54. The lowest BCUT2D eigenvalue weighted by Gasteiger charge is -2.33. The standard InChI is InChI=1S/C19H27BrO/c1-18(2,3)16-8-4-14(5-9-16)12-19(13-20)10-11-21-17(19)15-6-7-15/h4-5,8-9,15,17H,6-7,10-13H2,1-3H3.